The van der Waals surface area contributed by atoms with E-state index >= 15 is 0 Å². The average Bonchev–Trinajstić information content (AvgIpc) is 2.75. The van der Waals surface area contributed by atoms with E-state index in [9.17, 15) is 4.39 Å². The van der Waals surface area contributed by atoms with Crippen LogP contribution in [0.5, 0.6) is 0 Å². The third-order valence-corrected chi connectivity index (χ3v) is 4.43. The van der Waals surface area contributed by atoms with Crippen molar-refractivity contribution in [3.05, 3.63) is 55.9 Å². The highest BCUT2D eigenvalue weighted by atomic mass is 79.9. The molecule has 0 fully saturated rings. The van der Waals surface area contributed by atoms with E-state index in [-0.39, 0.29) is 11.9 Å². The van der Waals surface area contributed by atoms with Gasteiger partial charge in [-0.25, -0.2) is 4.39 Å². The molecular formula is C14H15BrFNS. The molecule has 1 aromatic carbocycles. The zero-order valence-corrected chi connectivity index (χ0v) is 12.5. The zero-order chi connectivity index (χ0) is 13.1. The predicted molar refractivity (Wildman–Crippen MR) is 78.4 cm³/mol. The summed E-state index contributed by atoms with van der Waals surface area (Å²) in [7, 11) is 0. The van der Waals surface area contributed by atoms with E-state index in [1.807, 2.05) is 6.07 Å². The van der Waals surface area contributed by atoms with Crippen LogP contribution in [0.25, 0.3) is 0 Å². The van der Waals surface area contributed by atoms with Crippen molar-refractivity contribution in [3.8, 4) is 0 Å². The van der Waals surface area contributed by atoms with Gasteiger partial charge in [0, 0.05) is 15.4 Å². The van der Waals surface area contributed by atoms with E-state index in [0.717, 1.165) is 16.5 Å². The standard InChI is InChI=1S/C14H15BrFNS/c1-2-10-3-4-18-14(10)13(17)7-9-5-11(15)8-12(16)6-9/h3-6,8,13H,2,7,17H2,1H3. The molecule has 0 bridgehead atoms. The maximum atomic E-state index is 13.3. The summed E-state index contributed by atoms with van der Waals surface area (Å²) in [5.74, 6) is -0.228. The number of rotatable bonds is 4. The first-order valence-corrected chi connectivity index (χ1v) is 7.54. The van der Waals surface area contributed by atoms with Crippen molar-refractivity contribution in [1.82, 2.24) is 0 Å². The maximum Gasteiger partial charge on any atom is 0.124 e. The fourth-order valence-corrected chi connectivity index (χ4v) is 3.55. The van der Waals surface area contributed by atoms with Crippen LogP contribution in [0.1, 0.15) is 29.0 Å². The van der Waals surface area contributed by atoms with Gasteiger partial charge >= 0.3 is 0 Å². The topological polar surface area (TPSA) is 26.0 Å². The molecule has 0 radical (unpaired) electrons. The Hall–Kier alpha value is -0.710. The Morgan fingerprint density at radius 3 is 2.83 bits per heavy atom. The Morgan fingerprint density at radius 2 is 2.17 bits per heavy atom. The van der Waals surface area contributed by atoms with Crippen molar-refractivity contribution < 1.29 is 4.39 Å². The fourth-order valence-electron chi connectivity index (χ4n) is 2.04. The molecule has 18 heavy (non-hydrogen) atoms. The largest absolute Gasteiger partial charge is 0.323 e. The number of aryl methyl sites for hydroxylation is 1. The van der Waals surface area contributed by atoms with E-state index in [1.54, 1.807) is 17.4 Å². The summed E-state index contributed by atoms with van der Waals surface area (Å²) in [4.78, 5) is 1.21. The van der Waals surface area contributed by atoms with Crippen molar-refractivity contribution in [2.24, 2.45) is 5.73 Å². The lowest BCUT2D eigenvalue weighted by Crippen LogP contribution is -2.13. The molecule has 2 rings (SSSR count). The predicted octanol–water partition coefficient (Wildman–Crippen LogP) is 4.45. The van der Waals surface area contributed by atoms with Crippen molar-refractivity contribution in [3.63, 3.8) is 0 Å². The highest BCUT2D eigenvalue weighted by molar-refractivity contribution is 9.10. The Morgan fingerprint density at radius 1 is 1.39 bits per heavy atom. The van der Waals surface area contributed by atoms with E-state index in [0.29, 0.717) is 6.42 Å². The Labute approximate surface area is 119 Å². The van der Waals surface area contributed by atoms with Crippen molar-refractivity contribution in [2.75, 3.05) is 0 Å². The first-order chi connectivity index (χ1) is 8.60. The van der Waals surface area contributed by atoms with Crippen LogP contribution in [0.2, 0.25) is 0 Å². The minimum Gasteiger partial charge on any atom is -0.323 e. The summed E-state index contributed by atoms with van der Waals surface area (Å²) < 4.78 is 14.1. The monoisotopic (exact) mass is 327 g/mol. The Bertz CT molecular complexity index is 518. The van der Waals surface area contributed by atoms with Crippen molar-refractivity contribution in [2.45, 2.75) is 25.8 Å². The maximum absolute atomic E-state index is 13.3. The normalized spacial score (nSPS) is 12.7. The SMILES string of the molecule is CCc1ccsc1C(N)Cc1cc(F)cc(Br)c1. The van der Waals surface area contributed by atoms with Gasteiger partial charge in [-0.3, -0.25) is 0 Å². The molecule has 0 aliphatic heterocycles. The number of hydrogen-bond acceptors (Lipinski definition) is 2. The quantitative estimate of drug-likeness (QED) is 0.881. The summed E-state index contributed by atoms with van der Waals surface area (Å²) >= 11 is 4.98. The average molecular weight is 328 g/mol. The van der Waals surface area contributed by atoms with E-state index in [2.05, 4.69) is 34.3 Å². The van der Waals surface area contributed by atoms with Gasteiger partial charge in [-0.1, -0.05) is 22.9 Å². The molecule has 0 aliphatic carbocycles. The highest BCUT2D eigenvalue weighted by Crippen LogP contribution is 2.27. The molecule has 0 spiro atoms. The van der Waals surface area contributed by atoms with Gasteiger partial charge < -0.3 is 5.73 Å². The summed E-state index contributed by atoms with van der Waals surface area (Å²) in [6, 6.07) is 6.97. The van der Waals surface area contributed by atoms with Gasteiger partial charge in [-0.05, 0) is 53.6 Å². The summed E-state index contributed by atoms with van der Waals surface area (Å²) in [5, 5.41) is 2.06. The molecule has 1 nitrogen and oxygen atoms in total. The van der Waals surface area contributed by atoms with E-state index in [4.69, 9.17) is 5.73 Å². The zero-order valence-electron chi connectivity index (χ0n) is 10.1. The Kier molecular flexibility index (Phi) is 4.54. The molecule has 1 unspecified atom stereocenters. The van der Waals surface area contributed by atoms with Gasteiger partial charge in [0.15, 0.2) is 0 Å². The minimum absolute atomic E-state index is 0.0614. The molecule has 96 valence electrons. The highest BCUT2D eigenvalue weighted by Gasteiger charge is 2.13. The second-order valence-corrected chi connectivity index (χ2v) is 6.12. The van der Waals surface area contributed by atoms with E-state index < -0.39 is 0 Å². The molecule has 0 saturated carbocycles. The number of benzene rings is 1. The number of thiophene rings is 1. The smallest absolute Gasteiger partial charge is 0.124 e. The molecule has 1 aromatic heterocycles. The van der Waals surface area contributed by atoms with Gasteiger partial charge in [-0.15, -0.1) is 11.3 Å². The molecular weight excluding hydrogens is 313 g/mol. The first kappa shape index (κ1) is 13.7. The third-order valence-electron chi connectivity index (χ3n) is 2.88. The Balaban J connectivity index is 2.18. The fraction of sp³-hybridized carbons (Fsp3) is 0.286. The number of halogens is 2. The van der Waals surface area contributed by atoms with Crippen LogP contribution in [0.15, 0.2) is 34.1 Å². The lowest BCUT2D eigenvalue weighted by atomic mass is 10.0. The molecule has 4 heteroatoms. The van der Waals surface area contributed by atoms with Gasteiger partial charge in [-0.2, -0.15) is 0 Å². The molecule has 1 heterocycles. The second kappa shape index (κ2) is 5.95. The molecule has 1 atom stereocenters. The summed E-state index contributed by atoms with van der Waals surface area (Å²) in [6.45, 7) is 2.12. The lowest BCUT2D eigenvalue weighted by Gasteiger charge is -2.12. The van der Waals surface area contributed by atoms with Crippen LogP contribution < -0.4 is 5.73 Å². The second-order valence-electron chi connectivity index (χ2n) is 4.25. The molecule has 0 amide bonds. The molecule has 2 N–H and O–H groups in total. The van der Waals surface area contributed by atoms with Crippen molar-refractivity contribution >= 4 is 27.3 Å². The summed E-state index contributed by atoms with van der Waals surface area (Å²) in [5.41, 5.74) is 8.44. The van der Waals surface area contributed by atoms with Gasteiger partial charge in [0.25, 0.3) is 0 Å². The molecule has 2 aromatic rings. The van der Waals surface area contributed by atoms with Gasteiger partial charge in [0.1, 0.15) is 5.82 Å². The van der Waals surface area contributed by atoms with Crippen LogP contribution in [-0.4, -0.2) is 0 Å². The van der Waals surface area contributed by atoms with Crippen LogP contribution in [0, 0.1) is 5.82 Å². The van der Waals surface area contributed by atoms with Crippen LogP contribution in [-0.2, 0) is 12.8 Å². The molecule has 0 aliphatic rings. The summed E-state index contributed by atoms with van der Waals surface area (Å²) in [6.07, 6.45) is 1.64. The minimum atomic E-state index is -0.228. The third kappa shape index (κ3) is 3.19. The lowest BCUT2D eigenvalue weighted by molar-refractivity contribution is 0.621. The van der Waals surface area contributed by atoms with E-state index in [1.165, 1.54) is 16.5 Å². The number of nitrogens with two attached hydrogens (primary N) is 1. The van der Waals surface area contributed by atoms with Crippen LogP contribution in [0.4, 0.5) is 4.39 Å². The van der Waals surface area contributed by atoms with Gasteiger partial charge in [0.2, 0.25) is 0 Å². The van der Waals surface area contributed by atoms with Crippen molar-refractivity contribution in [1.29, 1.82) is 0 Å². The van der Waals surface area contributed by atoms with Gasteiger partial charge in [0.05, 0.1) is 0 Å². The number of hydrogen-bond donors (Lipinski definition) is 1. The van der Waals surface area contributed by atoms with Crippen LogP contribution >= 0.6 is 27.3 Å². The molecule has 0 saturated heterocycles. The van der Waals surface area contributed by atoms with Crippen LogP contribution in [0.3, 0.4) is 0 Å². The first-order valence-electron chi connectivity index (χ1n) is 5.87.